The highest BCUT2D eigenvalue weighted by atomic mass is 19.2. The number of nitrogens with one attached hydrogen (secondary N) is 1. The fraction of sp³-hybridized carbons (Fsp3) is 0.500. The first-order valence-electron chi connectivity index (χ1n) is 6.79. The van der Waals surface area contributed by atoms with E-state index in [4.69, 9.17) is 5.73 Å². The highest BCUT2D eigenvalue weighted by Crippen LogP contribution is 2.14. The number of halogens is 2. The Morgan fingerprint density at radius 2 is 2.05 bits per heavy atom. The van der Waals surface area contributed by atoms with Crippen LogP contribution in [0.3, 0.4) is 0 Å². The second-order valence-electron chi connectivity index (χ2n) is 4.98. The largest absolute Gasteiger partial charge is 0.349 e. The van der Waals surface area contributed by atoms with Gasteiger partial charge < -0.3 is 16.0 Å². The molecular formula is C14H19F2N3O. The molecule has 1 aromatic carbocycles. The molecule has 1 heterocycles. The van der Waals surface area contributed by atoms with Gasteiger partial charge in [0.15, 0.2) is 11.6 Å². The number of benzene rings is 1. The summed E-state index contributed by atoms with van der Waals surface area (Å²) in [5.41, 5.74) is 5.25. The Labute approximate surface area is 116 Å². The van der Waals surface area contributed by atoms with Crippen LogP contribution < -0.4 is 11.1 Å². The number of piperidine rings is 1. The first-order valence-corrected chi connectivity index (χ1v) is 6.79. The third kappa shape index (κ3) is 3.52. The highest BCUT2D eigenvalue weighted by Gasteiger charge is 2.22. The van der Waals surface area contributed by atoms with E-state index in [1.807, 2.05) is 0 Å². The number of amides is 1. The van der Waals surface area contributed by atoms with Gasteiger partial charge in [0.25, 0.3) is 5.91 Å². The molecule has 1 aliphatic heterocycles. The van der Waals surface area contributed by atoms with Gasteiger partial charge >= 0.3 is 0 Å². The zero-order valence-corrected chi connectivity index (χ0v) is 11.2. The van der Waals surface area contributed by atoms with E-state index < -0.39 is 17.5 Å². The van der Waals surface area contributed by atoms with Crippen LogP contribution in [0.15, 0.2) is 18.2 Å². The van der Waals surface area contributed by atoms with Gasteiger partial charge in [0, 0.05) is 32.2 Å². The predicted molar refractivity (Wildman–Crippen MR) is 72.3 cm³/mol. The lowest BCUT2D eigenvalue weighted by molar-refractivity contribution is 0.0907. The number of nitrogens with zero attached hydrogens (tertiary/aromatic N) is 1. The van der Waals surface area contributed by atoms with E-state index in [2.05, 4.69) is 10.2 Å². The monoisotopic (exact) mass is 283 g/mol. The molecule has 3 N–H and O–H groups in total. The van der Waals surface area contributed by atoms with Gasteiger partial charge in [-0.15, -0.1) is 0 Å². The molecule has 0 saturated carbocycles. The Balaban J connectivity index is 1.91. The first-order chi connectivity index (χ1) is 9.61. The average molecular weight is 283 g/mol. The van der Waals surface area contributed by atoms with Crippen molar-refractivity contribution >= 4 is 5.91 Å². The third-order valence-electron chi connectivity index (χ3n) is 3.56. The van der Waals surface area contributed by atoms with Gasteiger partial charge in [-0.05, 0) is 25.0 Å². The summed E-state index contributed by atoms with van der Waals surface area (Å²) in [4.78, 5) is 14.2. The van der Waals surface area contributed by atoms with Crippen LogP contribution >= 0.6 is 0 Å². The molecule has 1 fully saturated rings. The van der Waals surface area contributed by atoms with Crippen molar-refractivity contribution in [2.75, 3.05) is 26.2 Å². The van der Waals surface area contributed by atoms with Gasteiger partial charge in [-0.1, -0.05) is 6.07 Å². The lowest BCUT2D eigenvalue weighted by atomic mass is 10.0. The van der Waals surface area contributed by atoms with Crippen LogP contribution in [0, 0.1) is 11.6 Å². The summed E-state index contributed by atoms with van der Waals surface area (Å²) < 4.78 is 26.6. The normalized spacial score (nSPS) is 17.1. The molecule has 0 spiro atoms. The molecule has 110 valence electrons. The van der Waals surface area contributed by atoms with E-state index in [-0.39, 0.29) is 11.6 Å². The van der Waals surface area contributed by atoms with Crippen LogP contribution in [0.25, 0.3) is 0 Å². The van der Waals surface area contributed by atoms with E-state index in [0.29, 0.717) is 6.54 Å². The molecule has 1 aliphatic rings. The number of hydrogen-bond acceptors (Lipinski definition) is 3. The quantitative estimate of drug-likeness (QED) is 0.870. The second kappa shape index (κ2) is 6.76. The lowest BCUT2D eigenvalue weighted by Gasteiger charge is -2.32. The lowest BCUT2D eigenvalue weighted by Crippen LogP contribution is -2.45. The SMILES string of the molecule is NCCN1CCC(NC(=O)c2cccc(F)c2F)CC1. The van der Waals surface area contributed by atoms with Crippen molar-refractivity contribution in [3.05, 3.63) is 35.4 Å². The van der Waals surface area contributed by atoms with Gasteiger partial charge in [0.05, 0.1) is 5.56 Å². The minimum Gasteiger partial charge on any atom is -0.349 e. The summed E-state index contributed by atoms with van der Waals surface area (Å²) in [7, 11) is 0. The Morgan fingerprint density at radius 1 is 1.35 bits per heavy atom. The Kier molecular flexibility index (Phi) is 5.03. The van der Waals surface area contributed by atoms with Crippen LogP contribution in [-0.2, 0) is 0 Å². The molecule has 2 rings (SSSR count). The van der Waals surface area contributed by atoms with Crippen LogP contribution in [0.5, 0.6) is 0 Å². The van der Waals surface area contributed by atoms with Crippen LogP contribution in [-0.4, -0.2) is 43.0 Å². The fourth-order valence-corrected chi connectivity index (χ4v) is 2.43. The van der Waals surface area contributed by atoms with E-state index in [0.717, 1.165) is 38.5 Å². The van der Waals surface area contributed by atoms with Gasteiger partial charge in [-0.25, -0.2) is 8.78 Å². The molecule has 1 aromatic rings. The molecule has 0 aromatic heterocycles. The van der Waals surface area contributed by atoms with Crippen molar-refractivity contribution in [2.24, 2.45) is 5.73 Å². The molecule has 0 aliphatic carbocycles. The molecule has 0 unspecified atom stereocenters. The molecule has 0 bridgehead atoms. The molecule has 6 heteroatoms. The number of carbonyl (C=O) groups is 1. The summed E-state index contributed by atoms with van der Waals surface area (Å²) in [5.74, 6) is -2.65. The number of likely N-dealkylation sites (tertiary alicyclic amines) is 1. The average Bonchev–Trinajstić information content (AvgIpc) is 2.44. The maximum absolute atomic E-state index is 13.5. The molecule has 1 saturated heterocycles. The Hall–Kier alpha value is -1.53. The van der Waals surface area contributed by atoms with E-state index in [9.17, 15) is 13.6 Å². The maximum Gasteiger partial charge on any atom is 0.254 e. The fourth-order valence-electron chi connectivity index (χ4n) is 2.43. The minimum absolute atomic E-state index is 0.000748. The first kappa shape index (κ1) is 14.9. The summed E-state index contributed by atoms with van der Waals surface area (Å²) in [6.45, 7) is 3.17. The zero-order valence-electron chi connectivity index (χ0n) is 11.2. The molecule has 4 nitrogen and oxygen atoms in total. The number of rotatable bonds is 4. The second-order valence-corrected chi connectivity index (χ2v) is 4.98. The summed E-state index contributed by atoms with van der Waals surface area (Å²) in [6, 6.07) is 3.62. The van der Waals surface area contributed by atoms with E-state index >= 15 is 0 Å². The van der Waals surface area contributed by atoms with E-state index in [1.54, 1.807) is 0 Å². The standard InChI is InChI=1S/C14H19F2N3O/c15-12-3-1-2-11(13(12)16)14(20)18-10-4-7-19(8-5-10)9-6-17/h1-3,10H,4-9,17H2,(H,18,20). The Bertz CT molecular complexity index is 473. The minimum atomic E-state index is -1.09. The molecule has 0 atom stereocenters. The van der Waals surface area contributed by atoms with Gasteiger partial charge in [0.2, 0.25) is 0 Å². The Morgan fingerprint density at radius 3 is 2.70 bits per heavy atom. The summed E-state index contributed by atoms with van der Waals surface area (Å²) in [5, 5.41) is 2.76. The third-order valence-corrected chi connectivity index (χ3v) is 3.56. The van der Waals surface area contributed by atoms with Crippen molar-refractivity contribution in [3.8, 4) is 0 Å². The summed E-state index contributed by atoms with van der Waals surface area (Å²) in [6.07, 6.45) is 1.59. The van der Waals surface area contributed by atoms with E-state index in [1.165, 1.54) is 12.1 Å². The number of nitrogens with two attached hydrogens (primary N) is 1. The molecular weight excluding hydrogens is 264 g/mol. The van der Waals surface area contributed by atoms with Crippen LogP contribution in [0.1, 0.15) is 23.2 Å². The predicted octanol–water partition coefficient (Wildman–Crippen LogP) is 1.12. The van der Waals surface area contributed by atoms with Gasteiger partial charge in [-0.2, -0.15) is 0 Å². The maximum atomic E-state index is 13.5. The van der Waals surface area contributed by atoms with Gasteiger partial charge in [-0.3, -0.25) is 4.79 Å². The molecule has 1 amide bonds. The van der Waals surface area contributed by atoms with Crippen LogP contribution in [0.4, 0.5) is 8.78 Å². The smallest absolute Gasteiger partial charge is 0.254 e. The summed E-state index contributed by atoms with van der Waals surface area (Å²) >= 11 is 0. The van der Waals surface area contributed by atoms with Crippen molar-refractivity contribution in [2.45, 2.75) is 18.9 Å². The van der Waals surface area contributed by atoms with Gasteiger partial charge in [0.1, 0.15) is 0 Å². The van der Waals surface area contributed by atoms with Crippen molar-refractivity contribution < 1.29 is 13.6 Å². The topological polar surface area (TPSA) is 58.4 Å². The highest BCUT2D eigenvalue weighted by molar-refractivity contribution is 5.94. The van der Waals surface area contributed by atoms with Crippen molar-refractivity contribution in [1.29, 1.82) is 0 Å². The zero-order chi connectivity index (χ0) is 14.5. The number of hydrogen-bond donors (Lipinski definition) is 2. The molecule has 0 radical (unpaired) electrons. The van der Waals surface area contributed by atoms with Crippen molar-refractivity contribution in [1.82, 2.24) is 10.2 Å². The van der Waals surface area contributed by atoms with Crippen LogP contribution in [0.2, 0.25) is 0 Å². The molecule has 20 heavy (non-hydrogen) atoms. The van der Waals surface area contributed by atoms with Crippen molar-refractivity contribution in [3.63, 3.8) is 0 Å². The number of carbonyl (C=O) groups excluding carboxylic acids is 1.